The number of halogens is 1. The molecule has 0 saturated carbocycles. The Morgan fingerprint density at radius 2 is 1.80 bits per heavy atom. The number of fused-ring (bicyclic) bond motifs is 1. The number of benzene rings is 2. The average molecular weight is 421 g/mol. The van der Waals surface area contributed by atoms with E-state index in [1.807, 2.05) is 61.5 Å². The first-order valence-corrected chi connectivity index (χ1v) is 9.92. The molecule has 1 amide bonds. The van der Waals surface area contributed by atoms with Crippen molar-refractivity contribution in [3.63, 3.8) is 0 Å². The molecule has 4 aromatic rings. The lowest BCUT2D eigenvalue weighted by Crippen LogP contribution is -2.26. The summed E-state index contributed by atoms with van der Waals surface area (Å²) in [5, 5.41) is 15.7. The third kappa shape index (κ3) is 3.86. The maximum atomic E-state index is 13.0. The Labute approximate surface area is 179 Å². The van der Waals surface area contributed by atoms with Crippen molar-refractivity contribution in [1.29, 1.82) is 0 Å². The molecule has 0 radical (unpaired) electrons. The van der Waals surface area contributed by atoms with E-state index in [1.54, 1.807) is 11.9 Å². The number of aromatic hydroxyl groups is 1. The summed E-state index contributed by atoms with van der Waals surface area (Å²) in [6, 6.07) is 17.2. The standard InChI is InChI=1S/C23H21ClN4O2/c1-15-19(12-16-8-10-18(24)11-9-16)23(30)28-21(26-15)20(13-25-28)22(29)27(2)14-17-6-4-3-5-7-17/h3-11,13,30H,12,14H2,1-2H3. The summed E-state index contributed by atoms with van der Waals surface area (Å²) in [4.78, 5) is 19.2. The van der Waals surface area contributed by atoms with Crippen LogP contribution in [-0.4, -0.2) is 37.6 Å². The maximum Gasteiger partial charge on any atom is 0.259 e. The van der Waals surface area contributed by atoms with E-state index < -0.39 is 0 Å². The molecule has 0 saturated heterocycles. The summed E-state index contributed by atoms with van der Waals surface area (Å²) in [6.45, 7) is 2.29. The second-order valence-corrected chi connectivity index (χ2v) is 7.68. The van der Waals surface area contributed by atoms with Gasteiger partial charge in [-0.15, -0.1) is 0 Å². The Hall–Kier alpha value is -3.38. The van der Waals surface area contributed by atoms with Gasteiger partial charge in [-0.3, -0.25) is 4.79 Å². The van der Waals surface area contributed by atoms with Crippen molar-refractivity contribution in [3.05, 3.63) is 93.8 Å². The van der Waals surface area contributed by atoms with E-state index in [0.29, 0.717) is 40.5 Å². The Bertz CT molecular complexity index is 1200. The zero-order valence-corrected chi connectivity index (χ0v) is 17.5. The van der Waals surface area contributed by atoms with Crippen LogP contribution in [0.3, 0.4) is 0 Å². The molecule has 152 valence electrons. The van der Waals surface area contributed by atoms with Crippen molar-refractivity contribution < 1.29 is 9.90 Å². The van der Waals surface area contributed by atoms with Crippen LogP contribution in [0.2, 0.25) is 5.02 Å². The Morgan fingerprint density at radius 1 is 1.10 bits per heavy atom. The summed E-state index contributed by atoms with van der Waals surface area (Å²) >= 11 is 5.95. The lowest BCUT2D eigenvalue weighted by molar-refractivity contribution is 0.0787. The van der Waals surface area contributed by atoms with Crippen molar-refractivity contribution in [3.8, 4) is 5.88 Å². The summed E-state index contributed by atoms with van der Waals surface area (Å²) in [5.74, 6) is -0.220. The number of hydrogen-bond acceptors (Lipinski definition) is 4. The van der Waals surface area contributed by atoms with Gasteiger partial charge in [0.2, 0.25) is 5.88 Å². The molecule has 0 spiro atoms. The second kappa shape index (κ2) is 8.16. The fourth-order valence-corrected chi connectivity index (χ4v) is 3.55. The number of rotatable bonds is 5. The van der Waals surface area contributed by atoms with Gasteiger partial charge in [0.25, 0.3) is 5.91 Å². The van der Waals surface area contributed by atoms with Crippen molar-refractivity contribution in [1.82, 2.24) is 19.5 Å². The summed E-state index contributed by atoms with van der Waals surface area (Å²) in [6.07, 6.45) is 1.94. The molecule has 0 aliphatic heterocycles. The van der Waals surface area contributed by atoms with Crippen LogP contribution in [0, 0.1) is 6.92 Å². The SMILES string of the molecule is Cc1nc2c(C(=O)N(C)Cc3ccccc3)cnn2c(O)c1Cc1ccc(Cl)cc1. The molecule has 6 nitrogen and oxygen atoms in total. The first-order valence-electron chi connectivity index (χ1n) is 9.54. The monoisotopic (exact) mass is 420 g/mol. The minimum absolute atomic E-state index is 0.0165. The third-order valence-electron chi connectivity index (χ3n) is 5.06. The van der Waals surface area contributed by atoms with E-state index in [9.17, 15) is 9.90 Å². The van der Waals surface area contributed by atoms with Crippen molar-refractivity contribution in [2.75, 3.05) is 7.05 Å². The highest BCUT2D eigenvalue weighted by atomic mass is 35.5. The van der Waals surface area contributed by atoms with Crippen LogP contribution in [-0.2, 0) is 13.0 Å². The lowest BCUT2D eigenvalue weighted by atomic mass is 10.0. The molecular formula is C23H21ClN4O2. The van der Waals surface area contributed by atoms with Gasteiger partial charge in [0.15, 0.2) is 5.65 Å². The van der Waals surface area contributed by atoms with Gasteiger partial charge in [-0.25, -0.2) is 4.98 Å². The molecule has 0 atom stereocenters. The van der Waals surface area contributed by atoms with Gasteiger partial charge < -0.3 is 10.0 Å². The quantitative estimate of drug-likeness (QED) is 0.523. The van der Waals surface area contributed by atoms with Gasteiger partial charge in [0, 0.05) is 36.3 Å². The first-order chi connectivity index (χ1) is 14.4. The Morgan fingerprint density at radius 3 is 2.50 bits per heavy atom. The van der Waals surface area contributed by atoms with Gasteiger partial charge >= 0.3 is 0 Å². The molecule has 0 fully saturated rings. The molecule has 0 aliphatic rings. The van der Waals surface area contributed by atoms with Crippen LogP contribution in [0.1, 0.15) is 32.7 Å². The van der Waals surface area contributed by atoms with Gasteiger partial charge in [-0.05, 0) is 30.2 Å². The van der Waals surface area contributed by atoms with Gasteiger partial charge in [-0.1, -0.05) is 54.1 Å². The first kappa shape index (κ1) is 19.9. The number of carbonyl (C=O) groups is 1. The van der Waals surface area contributed by atoms with Gasteiger partial charge in [0.05, 0.1) is 6.20 Å². The highest BCUT2D eigenvalue weighted by molar-refractivity contribution is 6.30. The van der Waals surface area contributed by atoms with E-state index in [0.717, 1.165) is 11.1 Å². The van der Waals surface area contributed by atoms with Crippen LogP contribution < -0.4 is 0 Å². The number of amides is 1. The van der Waals surface area contributed by atoms with Crippen molar-refractivity contribution >= 4 is 23.2 Å². The molecule has 0 unspecified atom stereocenters. The predicted molar refractivity (Wildman–Crippen MR) is 116 cm³/mol. The number of aryl methyl sites for hydroxylation is 1. The molecule has 0 bridgehead atoms. The van der Waals surface area contributed by atoms with E-state index in [-0.39, 0.29) is 11.8 Å². The zero-order chi connectivity index (χ0) is 21.3. The maximum absolute atomic E-state index is 13.0. The molecule has 1 N–H and O–H groups in total. The minimum atomic E-state index is -0.203. The van der Waals surface area contributed by atoms with E-state index >= 15 is 0 Å². The van der Waals surface area contributed by atoms with Crippen molar-refractivity contribution in [2.24, 2.45) is 0 Å². The number of carbonyl (C=O) groups excluding carboxylic acids is 1. The molecular weight excluding hydrogens is 400 g/mol. The molecule has 2 heterocycles. The topological polar surface area (TPSA) is 70.7 Å². The normalized spacial score (nSPS) is 11.0. The molecule has 2 aromatic carbocycles. The predicted octanol–water partition coefficient (Wildman–Crippen LogP) is 4.26. The summed E-state index contributed by atoms with van der Waals surface area (Å²) < 4.78 is 1.32. The molecule has 4 rings (SSSR count). The number of aromatic nitrogens is 3. The van der Waals surface area contributed by atoms with E-state index in [2.05, 4.69) is 10.1 Å². The highest BCUT2D eigenvalue weighted by Crippen LogP contribution is 2.26. The van der Waals surface area contributed by atoms with Crippen LogP contribution >= 0.6 is 11.6 Å². The number of hydrogen-bond donors (Lipinski definition) is 1. The Balaban J connectivity index is 1.65. The lowest BCUT2D eigenvalue weighted by Gasteiger charge is -2.17. The van der Waals surface area contributed by atoms with Crippen molar-refractivity contribution in [2.45, 2.75) is 19.9 Å². The largest absolute Gasteiger partial charge is 0.493 e. The molecule has 0 aliphatic carbocycles. The minimum Gasteiger partial charge on any atom is -0.493 e. The van der Waals surface area contributed by atoms with Crippen LogP contribution in [0.4, 0.5) is 0 Å². The fourth-order valence-electron chi connectivity index (χ4n) is 3.42. The fraction of sp³-hybridized carbons (Fsp3) is 0.174. The van der Waals surface area contributed by atoms with Crippen LogP contribution in [0.15, 0.2) is 60.8 Å². The summed E-state index contributed by atoms with van der Waals surface area (Å²) in [7, 11) is 1.74. The average Bonchev–Trinajstić information content (AvgIpc) is 3.16. The van der Waals surface area contributed by atoms with Crippen LogP contribution in [0.25, 0.3) is 5.65 Å². The molecule has 2 aromatic heterocycles. The summed E-state index contributed by atoms with van der Waals surface area (Å²) in [5.41, 5.74) is 4.02. The number of nitrogens with zero attached hydrogens (tertiary/aromatic N) is 4. The van der Waals surface area contributed by atoms with E-state index in [4.69, 9.17) is 11.6 Å². The van der Waals surface area contributed by atoms with Crippen LogP contribution in [0.5, 0.6) is 5.88 Å². The smallest absolute Gasteiger partial charge is 0.259 e. The third-order valence-corrected chi connectivity index (χ3v) is 5.31. The molecule has 7 heteroatoms. The zero-order valence-electron chi connectivity index (χ0n) is 16.7. The van der Waals surface area contributed by atoms with Gasteiger partial charge in [0.1, 0.15) is 5.56 Å². The van der Waals surface area contributed by atoms with E-state index in [1.165, 1.54) is 10.7 Å². The van der Waals surface area contributed by atoms with Gasteiger partial charge in [-0.2, -0.15) is 9.61 Å². The Kier molecular flexibility index (Phi) is 5.42. The second-order valence-electron chi connectivity index (χ2n) is 7.24. The molecule has 30 heavy (non-hydrogen) atoms. The highest BCUT2D eigenvalue weighted by Gasteiger charge is 2.22.